The van der Waals surface area contributed by atoms with Gasteiger partial charge >= 0.3 is 0 Å². The zero-order valence-corrected chi connectivity index (χ0v) is 13.5. The Kier molecular flexibility index (Phi) is 7.08. The van der Waals surface area contributed by atoms with Crippen LogP contribution in [-0.2, 0) is 6.54 Å². The predicted molar refractivity (Wildman–Crippen MR) is 87.0 cm³/mol. The third-order valence-electron chi connectivity index (χ3n) is 4.10. The summed E-state index contributed by atoms with van der Waals surface area (Å²) in [6, 6.07) is 5.37. The molecule has 5 nitrogen and oxygen atoms in total. The molecular weight excluding hydrogens is 290 g/mol. The molecule has 118 valence electrons. The summed E-state index contributed by atoms with van der Waals surface area (Å²) in [5.74, 6) is 0.688. The van der Waals surface area contributed by atoms with Gasteiger partial charge in [-0.1, -0.05) is 12.1 Å². The highest BCUT2D eigenvalue weighted by molar-refractivity contribution is 5.85. The maximum absolute atomic E-state index is 11.0. The number of halogens is 1. The summed E-state index contributed by atoms with van der Waals surface area (Å²) < 4.78 is 0. The van der Waals surface area contributed by atoms with Crippen LogP contribution in [0.5, 0.6) is 0 Å². The number of hydrogen-bond acceptors (Lipinski definition) is 4. The third kappa shape index (κ3) is 4.66. The molecule has 0 amide bonds. The Labute approximate surface area is 132 Å². The van der Waals surface area contributed by atoms with Gasteiger partial charge in [-0.15, -0.1) is 12.4 Å². The minimum absolute atomic E-state index is 0. The van der Waals surface area contributed by atoms with Gasteiger partial charge in [0.25, 0.3) is 5.69 Å². The summed E-state index contributed by atoms with van der Waals surface area (Å²) in [5.41, 5.74) is 2.10. The van der Waals surface area contributed by atoms with Gasteiger partial charge in [0, 0.05) is 24.7 Å². The van der Waals surface area contributed by atoms with E-state index in [0.29, 0.717) is 5.92 Å². The number of nitrogens with zero attached hydrogens (tertiary/aromatic N) is 2. The molecule has 1 aliphatic rings. The molecule has 0 saturated carbocycles. The molecule has 1 N–H and O–H groups in total. The summed E-state index contributed by atoms with van der Waals surface area (Å²) in [5, 5.41) is 14.2. The molecule has 6 heteroatoms. The van der Waals surface area contributed by atoms with Crippen molar-refractivity contribution in [2.75, 3.05) is 26.7 Å². The number of likely N-dealkylation sites (tertiary alicyclic amines) is 1. The second kappa shape index (κ2) is 8.32. The van der Waals surface area contributed by atoms with Gasteiger partial charge in [-0.2, -0.15) is 0 Å². The van der Waals surface area contributed by atoms with Crippen LogP contribution >= 0.6 is 12.4 Å². The second-order valence-corrected chi connectivity index (χ2v) is 5.62. The number of nitro groups is 1. The largest absolute Gasteiger partial charge is 0.319 e. The van der Waals surface area contributed by atoms with Gasteiger partial charge in [-0.3, -0.25) is 15.0 Å². The van der Waals surface area contributed by atoms with Crippen LogP contribution in [0.25, 0.3) is 0 Å². The smallest absolute Gasteiger partial charge is 0.272 e. The lowest BCUT2D eigenvalue weighted by Gasteiger charge is -2.33. The molecule has 1 aliphatic heterocycles. The molecule has 1 atom stereocenters. The molecule has 2 rings (SSSR count). The Morgan fingerprint density at radius 1 is 1.48 bits per heavy atom. The minimum Gasteiger partial charge on any atom is -0.319 e. The van der Waals surface area contributed by atoms with Crippen molar-refractivity contribution in [1.82, 2.24) is 10.2 Å². The van der Waals surface area contributed by atoms with Crippen LogP contribution in [0.15, 0.2) is 18.2 Å². The van der Waals surface area contributed by atoms with Gasteiger partial charge in [0.2, 0.25) is 0 Å². The van der Waals surface area contributed by atoms with E-state index >= 15 is 0 Å². The Balaban J connectivity index is 0.00000220. The average molecular weight is 314 g/mol. The van der Waals surface area contributed by atoms with Gasteiger partial charge in [0.05, 0.1) is 4.92 Å². The number of hydrogen-bond donors (Lipinski definition) is 1. The molecule has 1 aromatic rings. The van der Waals surface area contributed by atoms with E-state index in [0.717, 1.165) is 37.3 Å². The van der Waals surface area contributed by atoms with Crippen molar-refractivity contribution in [1.29, 1.82) is 0 Å². The molecule has 1 aromatic carbocycles. The lowest BCUT2D eigenvalue weighted by molar-refractivity contribution is -0.385. The van der Waals surface area contributed by atoms with Crippen LogP contribution in [0.4, 0.5) is 5.69 Å². The molecule has 0 bridgehead atoms. The van der Waals surface area contributed by atoms with E-state index in [1.54, 1.807) is 12.1 Å². The molecule has 0 aliphatic carbocycles. The number of piperidine rings is 1. The Morgan fingerprint density at radius 3 is 2.90 bits per heavy atom. The Morgan fingerprint density at radius 2 is 2.24 bits per heavy atom. The highest BCUT2D eigenvalue weighted by atomic mass is 35.5. The van der Waals surface area contributed by atoms with Crippen molar-refractivity contribution in [3.63, 3.8) is 0 Å². The van der Waals surface area contributed by atoms with E-state index in [1.165, 1.54) is 12.8 Å². The molecule has 1 unspecified atom stereocenters. The second-order valence-electron chi connectivity index (χ2n) is 5.62. The van der Waals surface area contributed by atoms with Gasteiger partial charge in [-0.25, -0.2) is 0 Å². The first-order valence-corrected chi connectivity index (χ1v) is 7.21. The van der Waals surface area contributed by atoms with Crippen molar-refractivity contribution >= 4 is 18.1 Å². The number of nitrogens with one attached hydrogen (secondary N) is 1. The standard InChI is InChI=1S/C15H23N3O2.ClH/c1-12-14(6-3-7-15(12)18(19)20)11-17-8-4-5-13(10-17)9-16-2;/h3,6-7,13,16H,4-5,8-11H2,1-2H3;1H. The fraction of sp³-hybridized carbons (Fsp3) is 0.600. The van der Waals surface area contributed by atoms with Gasteiger partial charge in [-0.05, 0) is 51.4 Å². The van der Waals surface area contributed by atoms with Crippen molar-refractivity contribution in [2.45, 2.75) is 26.3 Å². The lowest BCUT2D eigenvalue weighted by atomic mass is 9.97. The Bertz CT molecular complexity index is 480. The monoisotopic (exact) mass is 313 g/mol. The van der Waals surface area contributed by atoms with E-state index in [4.69, 9.17) is 0 Å². The van der Waals surface area contributed by atoms with E-state index in [-0.39, 0.29) is 23.0 Å². The Hall–Kier alpha value is -1.17. The molecule has 1 heterocycles. The normalized spacial score (nSPS) is 19.0. The van der Waals surface area contributed by atoms with Crippen LogP contribution in [0.2, 0.25) is 0 Å². The molecule has 0 radical (unpaired) electrons. The summed E-state index contributed by atoms with van der Waals surface area (Å²) in [4.78, 5) is 13.1. The summed E-state index contributed by atoms with van der Waals surface area (Å²) in [6.07, 6.45) is 2.48. The molecule has 0 spiro atoms. The number of nitro benzene ring substituents is 1. The fourth-order valence-corrected chi connectivity index (χ4v) is 3.03. The SMILES string of the molecule is CNCC1CCCN(Cc2cccc([N+](=O)[O-])c2C)C1.Cl. The van der Waals surface area contributed by atoms with Gasteiger partial charge < -0.3 is 5.32 Å². The topological polar surface area (TPSA) is 58.4 Å². The van der Waals surface area contributed by atoms with Crippen LogP contribution in [0.1, 0.15) is 24.0 Å². The quantitative estimate of drug-likeness (QED) is 0.671. The molecule has 21 heavy (non-hydrogen) atoms. The zero-order chi connectivity index (χ0) is 14.5. The maximum Gasteiger partial charge on any atom is 0.272 e. The van der Waals surface area contributed by atoms with E-state index in [9.17, 15) is 10.1 Å². The molecule has 0 aromatic heterocycles. The number of benzene rings is 1. The predicted octanol–water partition coefficient (Wildman–Crippen LogP) is 2.76. The average Bonchev–Trinajstić information content (AvgIpc) is 2.42. The highest BCUT2D eigenvalue weighted by Gasteiger charge is 2.21. The molecule has 1 saturated heterocycles. The molecule has 1 fully saturated rings. The van der Waals surface area contributed by atoms with E-state index < -0.39 is 0 Å². The minimum atomic E-state index is -0.293. The van der Waals surface area contributed by atoms with Crippen LogP contribution in [-0.4, -0.2) is 36.5 Å². The summed E-state index contributed by atoms with van der Waals surface area (Å²) in [7, 11) is 1.99. The van der Waals surface area contributed by atoms with Gasteiger partial charge in [0.15, 0.2) is 0 Å². The number of rotatable bonds is 5. The fourth-order valence-electron chi connectivity index (χ4n) is 3.03. The first kappa shape index (κ1) is 17.9. The van der Waals surface area contributed by atoms with Crippen LogP contribution < -0.4 is 5.32 Å². The van der Waals surface area contributed by atoms with Crippen molar-refractivity contribution in [3.05, 3.63) is 39.4 Å². The summed E-state index contributed by atoms with van der Waals surface area (Å²) in [6.45, 7) is 5.87. The first-order valence-electron chi connectivity index (χ1n) is 7.21. The summed E-state index contributed by atoms with van der Waals surface area (Å²) >= 11 is 0. The maximum atomic E-state index is 11.0. The third-order valence-corrected chi connectivity index (χ3v) is 4.10. The van der Waals surface area contributed by atoms with Crippen molar-refractivity contribution in [3.8, 4) is 0 Å². The highest BCUT2D eigenvalue weighted by Crippen LogP contribution is 2.24. The van der Waals surface area contributed by atoms with Crippen molar-refractivity contribution in [2.24, 2.45) is 5.92 Å². The van der Waals surface area contributed by atoms with Crippen molar-refractivity contribution < 1.29 is 4.92 Å². The zero-order valence-electron chi connectivity index (χ0n) is 12.7. The van der Waals surface area contributed by atoms with E-state index in [2.05, 4.69) is 10.2 Å². The molecular formula is C15H24ClN3O2. The van der Waals surface area contributed by atoms with Crippen LogP contribution in [0.3, 0.4) is 0 Å². The first-order chi connectivity index (χ1) is 9.61. The lowest BCUT2D eigenvalue weighted by Crippen LogP contribution is -2.38. The van der Waals surface area contributed by atoms with Gasteiger partial charge in [0.1, 0.15) is 0 Å². The van der Waals surface area contributed by atoms with E-state index in [1.807, 2.05) is 20.0 Å². The van der Waals surface area contributed by atoms with Crippen LogP contribution in [0, 0.1) is 23.0 Å².